The Morgan fingerprint density at radius 3 is 2.94 bits per heavy atom. The van der Waals surface area contributed by atoms with Crippen molar-refractivity contribution in [2.24, 2.45) is 0 Å². The van der Waals surface area contributed by atoms with E-state index in [1.807, 2.05) is 0 Å². The molecule has 0 aliphatic carbocycles. The largest absolute Gasteiger partial charge is 0.353 e. The van der Waals surface area contributed by atoms with Crippen LogP contribution in [0.2, 0.25) is 0 Å². The number of benzene rings is 1. The first kappa shape index (κ1) is 10.7. The van der Waals surface area contributed by atoms with Gasteiger partial charge < -0.3 is 10.2 Å². The van der Waals surface area contributed by atoms with E-state index < -0.39 is 0 Å². The number of hydrogen-bond donors (Lipinski definition) is 1. The molecule has 1 aliphatic rings. The summed E-state index contributed by atoms with van der Waals surface area (Å²) in [5.74, 6) is 1.17. The van der Waals surface area contributed by atoms with Crippen LogP contribution >= 0.6 is 34.1 Å². The van der Waals surface area contributed by atoms with E-state index >= 15 is 0 Å². The van der Waals surface area contributed by atoms with E-state index in [1.165, 1.54) is 19.5 Å². The number of anilines is 1. The smallest absolute Gasteiger partial charge is 0.151 e. The Kier molecular flexibility index (Phi) is 2.99. The van der Waals surface area contributed by atoms with E-state index in [0.717, 1.165) is 26.2 Å². The topological polar surface area (TPSA) is 28.2 Å². The Balaban J connectivity index is 2.09. The molecule has 0 amide bonds. The van der Waals surface area contributed by atoms with Crippen LogP contribution in [0.1, 0.15) is 0 Å². The van der Waals surface area contributed by atoms with Gasteiger partial charge in [-0.25, -0.2) is 0 Å². The van der Waals surface area contributed by atoms with Gasteiger partial charge in [-0.3, -0.25) is 0 Å². The fourth-order valence-corrected chi connectivity index (χ4v) is 3.77. The fourth-order valence-electron chi connectivity index (χ4n) is 2.03. The lowest BCUT2D eigenvalue weighted by atomic mass is 10.2. The molecule has 84 valence electrons. The first-order chi connectivity index (χ1) is 7.86. The van der Waals surface area contributed by atoms with Gasteiger partial charge in [-0.2, -0.15) is 4.37 Å². The summed E-state index contributed by atoms with van der Waals surface area (Å²) in [7, 11) is 0. The first-order valence-corrected chi connectivity index (χ1v) is 7.21. The number of aromatic nitrogens is 1. The molecule has 1 aromatic heterocycles. The maximum Gasteiger partial charge on any atom is 0.151 e. The highest BCUT2D eigenvalue weighted by Crippen LogP contribution is 2.33. The van der Waals surface area contributed by atoms with Gasteiger partial charge in [0.2, 0.25) is 0 Å². The summed E-state index contributed by atoms with van der Waals surface area (Å²) in [5.41, 5.74) is 0. The number of piperazine rings is 1. The van der Waals surface area contributed by atoms with Crippen molar-refractivity contribution in [3.8, 4) is 0 Å². The van der Waals surface area contributed by atoms with Gasteiger partial charge in [0.25, 0.3) is 0 Å². The highest BCUT2D eigenvalue weighted by molar-refractivity contribution is 14.1. The Bertz CT molecular complexity index is 505. The lowest BCUT2D eigenvalue weighted by molar-refractivity contribution is 0.587. The predicted molar refractivity (Wildman–Crippen MR) is 77.4 cm³/mol. The van der Waals surface area contributed by atoms with Gasteiger partial charge in [-0.05, 0) is 46.3 Å². The normalized spacial score (nSPS) is 16.9. The van der Waals surface area contributed by atoms with Crippen molar-refractivity contribution in [3.05, 3.63) is 21.8 Å². The quantitative estimate of drug-likeness (QED) is 0.804. The molecule has 0 radical (unpaired) electrons. The van der Waals surface area contributed by atoms with Crippen LogP contribution in [0.25, 0.3) is 10.1 Å². The molecule has 1 N–H and O–H groups in total. The van der Waals surface area contributed by atoms with Crippen molar-refractivity contribution >= 4 is 50.0 Å². The summed E-state index contributed by atoms with van der Waals surface area (Å²) in [5, 5.41) is 4.70. The third kappa shape index (κ3) is 1.80. The molecular weight excluding hydrogens is 333 g/mol. The summed E-state index contributed by atoms with van der Waals surface area (Å²) in [6.45, 7) is 4.23. The summed E-state index contributed by atoms with van der Waals surface area (Å²) < 4.78 is 7.21. The standard InChI is InChI=1S/C11H12IN3S/c12-8-2-1-3-9-10(8)11(14-16-9)15-6-4-13-5-7-15/h1-3,13H,4-7H2. The summed E-state index contributed by atoms with van der Waals surface area (Å²) in [6, 6.07) is 6.41. The summed E-state index contributed by atoms with van der Waals surface area (Å²) in [4.78, 5) is 2.39. The van der Waals surface area contributed by atoms with Crippen molar-refractivity contribution in [3.63, 3.8) is 0 Å². The predicted octanol–water partition coefficient (Wildman–Crippen LogP) is 2.31. The fraction of sp³-hybridized carbons (Fsp3) is 0.364. The molecule has 0 saturated carbocycles. The molecule has 0 spiro atoms. The molecule has 3 rings (SSSR count). The number of hydrogen-bond acceptors (Lipinski definition) is 4. The van der Waals surface area contributed by atoms with Crippen LogP contribution in [0.4, 0.5) is 5.82 Å². The second-order valence-electron chi connectivity index (χ2n) is 3.86. The second kappa shape index (κ2) is 4.46. The summed E-state index contributed by atoms with van der Waals surface area (Å²) in [6.07, 6.45) is 0. The van der Waals surface area contributed by atoms with Crippen LogP contribution in [0.3, 0.4) is 0 Å². The van der Waals surface area contributed by atoms with Gasteiger partial charge in [0.15, 0.2) is 5.82 Å². The molecule has 1 aromatic carbocycles. The second-order valence-corrected chi connectivity index (χ2v) is 5.82. The Hall–Kier alpha value is -0.400. The van der Waals surface area contributed by atoms with Gasteiger partial charge in [0, 0.05) is 29.7 Å². The molecule has 16 heavy (non-hydrogen) atoms. The molecule has 0 unspecified atom stereocenters. The molecule has 2 heterocycles. The van der Waals surface area contributed by atoms with E-state index in [4.69, 9.17) is 0 Å². The van der Waals surface area contributed by atoms with Crippen molar-refractivity contribution in [1.82, 2.24) is 9.69 Å². The molecule has 1 fully saturated rings. The highest BCUT2D eigenvalue weighted by atomic mass is 127. The molecule has 0 atom stereocenters. The number of fused-ring (bicyclic) bond motifs is 1. The van der Waals surface area contributed by atoms with Crippen molar-refractivity contribution < 1.29 is 0 Å². The number of halogens is 1. The molecule has 1 aliphatic heterocycles. The van der Waals surface area contributed by atoms with Gasteiger partial charge >= 0.3 is 0 Å². The minimum absolute atomic E-state index is 1.06. The van der Waals surface area contributed by atoms with Crippen LogP contribution in [0, 0.1) is 3.57 Å². The van der Waals surface area contributed by atoms with Crippen LogP contribution in [0.15, 0.2) is 18.2 Å². The Labute approximate surface area is 112 Å². The van der Waals surface area contributed by atoms with Crippen LogP contribution < -0.4 is 10.2 Å². The third-order valence-electron chi connectivity index (χ3n) is 2.85. The molecule has 0 bridgehead atoms. The SMILES string of the molecule is Ic1cccc2snc(N3CCNCC3)c12. The molecule has 1 saturated heterocycles. The zero-order chi connectivity index (χ0) is 11.0. The number of rotatable bonds is 1. The van der Waals surface area contributed by atoms with Gasteiger partial charge in [0.1, 0.15) is 0 Å². The molecular formula is C11H12IN3S. The first-order valence-electron chi connectivity index (χ1n) is 5.36. The van der Waals surface area contributed by atoms with Crippen LogP contribution in [-0.4, -0.2) is 30.6 Å². The zero-order valence-electron chi connectivity index (χ0n) is 8.74. The van der Waals surface area contributed by atoms with Crippen LogP contribution in [-0.2, 0) is 0 Å². The van der Waals surface area contributed by atoms with E-state index in [0.29, 0.717) is 0 Å². The highest BCUT2D eigenvalue weighted by Gasteiger charge is 2.17. The average Bonchev–Trinajstić information content (AvgIpc) is 2.75. The maximum absolute atomic E-state index is 4.61. The zero-order valence-corrected chi connectivity index (χ0v) is 11.7. The number of nitrogens with zero attached hydrogens (tertiary/aromatic N) is 2. The Morgan fingerprint density at radius 1 is 1.31 bits per heavy atom. The lowest BCUT2D eigenvalue weighted by Gasteiger charge is -2.27. The van der Waals surface area contributed by atoms with Crippen molar-refractivity contribution in [2.75, 3.05) is 31.1 Å². The van der Waals surface area contributed by atoms with Crippen molar-refractivity contribution in [1.29, 1.82) is 0 Å². The molecule has 2 aromatic rings. The van der Waals surface area contributed by atoms with Gasteiger partial charge in [-0.15, -0.1) is 0 Å². The van der Waals surface area contributed by atoms with E-state index in [9.17, 15) is 0 Å². The average molecular weight is 345 g/mol. The van der Waals surface area contributed by atoms with Crippen molar-refractivity contribution in [2.45, 2.75) is 0 Å². The van der Waals surface area contributed by atoms with Gasteiger partial charge in [0.05, 0.1) is 10.1 Å². The monoisotopic (exact) mass is 345 g/mol. The van der Waals surface area contributed by atoms with E-state index in [1.54, 1.807) is 11.5 Å². The number of nitrogens with one attached hydrogen (secondary N) is 1. The minimum Gasteiger partial charge on any atom is -0.353 e. The van der Waals surface area contributed by atoms with Crippen LogP contribution in [0.5, 0.6) is 0 Å². The molecule has 5 heteroatoms. The van der Waals surface area contributed by atoms with E-state index in [-0.39, 0.29) is 0 Å². The third-order valence-corrected chi connectivity index (χ3v) is 4.55. The Morgan fingerprint density at radius 2 is 2.12 bits per heavy atom. The van der Waals surface area contributed by atoms with E-state index in [2.05, 4.69) is 55.4 Å². The lowest BCUT2D eigenvalue weighted by Crippen LogP contribution is -2.43. The minimum atomic E-state index is 1.06. The maximum atomic E-state index is 4.61. The molecule has 3 nitrogen and oxygen atoms in total. The van der Waals surface area contributed by atoms with Gasteiger partial charge in [-0.1, -0.05) is 6.07 Å². The summed E-state index contributed by atoms with van der Waals surface area (Å²) >= 11 is 4.01.